The van der Waals surface area contributed by atoms with E-state index in [4.69, 9.17) is 5.11 Å². The summed E-state index contributed by atoms with van der Waals surface area (Å²) in [5, 5.41) is 14.9. The van der Waals surface area contributed by atoms with E-state index >= 15 is 0 Å². The van der Waals surface area contributed by atoms with Crippen LogP contribution in [0.15, 0.2) is 49.1 Å². The maximum atomic E-state index is 11.3. The molecule has 0 fully saturated rings. The Morgan fingerprint density at radius 2 is 1.95 bits per heavy atom. The Morgan fingerprint density at radius 3 is 2.53 bits per heavy atom. The van der Waals surface area contributed by atoms with Crippen molar-refractivity contribution in [1.29, 1.82) is 0 Å². The van der Waals surface area contributed by atoms with Crippen LogP contribution < -0.4 is 5.32 Å². The Bertz CT molecular complexity index is 602. The van der Waals surface area contributed by atoms with Crippen molar-refractivity contribution < 1.29 is 14.7 Å². The van der Waals surface area contributed by atoms with Crippen LogP contribution in [0.2, 0.25) is 0 Å². The van der Waals surface area contributed by atoms with Crippen LogP contribution in [0.1, 0.15) is 0 Å². The van der Waals surface area contributed by atoms with Gasteiger partial charge in [0.15, 0.2) is 0 Å². The second kappa shape index (κ2) is 5.58. The van der Waals surface area contributed by atoms with Crippen molar-refractivity contribution in [3.05, 3.63) is 49.1 Å². The van der Waals surface area contributed by atoms with Gasteiger partial charge in [0.05, 0.1) is 5.69 Å². The van der Waals surface area contributed by atoms with Crippen molar-refractivity contribution >= 4 is 17.6 Å². The number of aliphatic carboxylic acids is 1. The van der Waals surface area contributed by atoms with Gasteiger partial charge >= 0.3 is 5.97 Å². The SMILES string of the molecule is O=C(O)/C=C/C(=O)Nc1ccc(-n2cncn2)cc1. The van der Waals surface area contributed by atoms with Crippen molar-refractivity contribution in [1.82, 2.24) is 14.8 Å². The number of hydrogen-bond donors (Lipinski definition) is 2. The molecule has 7 nitrogen and oxygen atoms in total. The highest BCUT2D eigenvalue weighted by atomic mass is 16.4. The number of carboxylic acids is 1. The third-order valence-corrected chi connectivity index (χ3v) is 2.20. The summed E-state index contributed by atoms with van der Waals surface area (Å²) in [5.74, 6) is -1.67. The minimum atomic E-state index is -1.17. The number of carboxylic acid groups (broad SMARTS) is 1. The predicted molar refractivity (Wildman–Crippen MR) is 66.8 cm³/mol. The van der Waals surface area contributed by atoms with Crippen molar-refractivity contribution in [3.8, 4) is 5.69 Å². The molecule has 0 saturated heterocycles. The van der Waals surface area contributed by atoms with Crippen molar-refractivity contribution in [3.63, 3.8) is 0 Å². The van der Waals surface area contributed by atoms with E-state index in [9.17, 15) is 9.59 Å². The number of hydrogen-bond acceptors (Lipinski definition) is 4. The molecule has 96 valence electrons. The summed E-state index contributed by atoms with van der Waals surface area (Å²) in [6, 6.07) is 6.88. The zero-order valence-corrected chi connectivity index (χ0v) is 9.72. The van der Waals surface area contributed by atoms with E-state index in [1.54, 1.807) is 35.3 Å². The van der Waals surface area contributed by atoms with Gasteiger partial charge in [-0.3, -0.25) is 4.79 Å². The second-order valence-electron chi connectivity index (χ2n) is 3.55. The van der Waals surface area contributed by atoms with E-state index in [1.165, 1.54) is 6.33 Å². The van der Waals surface area contributed by atoms with Gasteiger partial charge in [0.25, 0.3) is 0 Å². The van der Waals surface area contributed by atoms with Crippen molar-refractivity contribution in [2.75, 3.05) is 5.32 Å². The zero-order chi connectivity index (χ0) is 13.7. The number of aromatic nitrogens is 3. The first-order chi connectivity index (χ1) is 9.15. The highest BCUT2D eigenvalue weighted by Gasteiger charge is 2.00. The third kappa shape index (κ3) is 3.50. The van der Waals surface area contributed by atoms with Crippen LogP contribution in [0.3, 0.4) is 0 Å². The Kier molecular flexibility index (Phi) is 3.67. The van der Waals surface area contributed by atoms with E-state index in [1.807, 2.05) is 0 Å². The summed E-state index contributed by atoms with van der Waals surface area (Å²) in [6.07, 6.45) is 4.71. The fraction of sp³-hybridized carbons (Fsp3) is 0. The fourth-order valence-corrected chi connectivity index (χ4v) is 1.37. The van der Waals surface area contributed by atoms with Crippen LogP contribution in [0.4, 0.5) is 5.69 Å². The second-order valence-corrected chi connectivity index (χ2v) is 3.55. The first kappa shape index (κ1) is 12.5. The molecule has 0 aliphatic rings. The third-order valence-electron chi connectivity index (χ3n) is 2.20. The average molecular weight is 258 g/mol. The molecule has 0 aliphatic heterocycles. The highest BCUT2D eigenvalue weighted by molar-refractivity contribution is 6.02. The van der Waals surface area contributed by atoms with Gasteiger partial charge in [0, 0.05) is 17.8 Å². The summed E-state index contributed by atoms with van der Waals surface area (Å²) in [5.41, 5.74) is 1.36. The Morgan fingerprint density at radius 1 is 1.21 bits per heavy atom. The predicted octanol–water partition coefficient (Wildman–Crippen LogP) is 0.847. The maximum Gasteiger partial charge on any atom is 0.328 e. The summed E-state index contributed by atoms with van der Waals surface area (Å²) in [7, 11) is 0. The minimum absolute atomic E-state index is 0.504. The standard InChI is InChI=1S/C12H10N4O3/c17-11(5-6-12(18)19)15-9-1-3-10(4-2-9)16-8-13-7-14-16/h1-8H,(H,15,17)(H,18,19)/b6-5+. The summed E-state index contributed by atoms with van der Waals surface area (Å²) < 4.78 is 1.58. The van der Waals surface area contributed by atoms with Crippen molar-refractivity contribution in [2.45, 2.75) is 0 Å². The lowest BCUT2D eigenvalue weighted by atomic mass is 10.3. The molecule has 1 aromatic heterocycles. The van der Waals surface area contributed by atoms with Gasteiger partial charge in [-0.25, -0.2) is 14.5 Å². The minimum Gasteiger partial charge on any atom is -0.478 e. The van der Waals surface area contributed by atoms with Crippen LogP contribution in [-0.4, -0.2) is 31.7 Å². The van der Waals surface area contributed by atoms with Crippen molar-refractivity contribution in [2.24, 2.45) is 0 Å². The number of carbonyl (C=O) groups excluding carboxylic acids is 1. The number of benzene rings is 1. The van der Waals surface area contributed by atoms with Gasteiger partial charge in [-0.05, 0) is 24.3 Å². The van der Waals surface area contributed by atoms with Gasteiger partial charge in [-0.15, -0.1) is 0 Å². The molecule has 2 rings (SSSR count). The van der Waals surface area contributed by atoms with E-state index in [-0.39, 0.29) is 0 Å². The molecule has 0 unspecified atom stereocenters. The molecule has 0 spiro atoms. The number of nitrogens with one attached hydrogen (secondary N) is 1. The number of carbonyl (C=O) groups is 2. The molecular formula is C12H10N4O3. The van der Waals surface area contributed by atoms with Crippen LogP contribution >= 0.6 is 0 Å². The zero-order valence-electron chi connectivity index (χ0n) is 9.72. The fourth-order valence-electron chi connectivity index (χ4n) is 1.37. The molecule has 0 saturated carbocycles. The molecule has 0 bridgehead atoms. The van der Waals surface area contributed by atoms with Gasteiger partial charge < -0.3 is 10.4 Å². The van der Waals surface area contributed by atoms with E-state index in [0.717, 1.165) is 17.8 Å². The molecule has 0 aliphatic carbocycles. The largest absolute Gasteiger partial charge is 0.478 e. The molecule has 1 heterocycles. The molecule has 1 aromatic carbocycles. The van der Waals surface area contributed by atoms with Gasteiger partial charge in [0.2, 0.25) is 5.91 Å². The lowest BCUT2D eigenvalue weighted by Crippen LogP contribution is -2.08. The van der Waals surface area contributed by atoms with Crippen LogP contribution in [-0.2, 0) is 9.59 Å². The van der Waals surface area contributed by atoms with Crippen LogP contribution in [0.25, 0.3) is 5.69 Å². The first-order valence-corrected chi connectivity index (χ1v) is 5.32. The number of anilines is 1. The van der Waals surface area contributed by atoms with Gasteiger partial charge in [-0.2, -0.15) is 5.10 Å². The quantitative estimate of drug-likeness (QED) is 0.792. The first-order valence-electron chi connectivity index (χ1n) is 5.32. The number of rotatable bonds is 4. The van der Waals surface area contributed by atoms with Gasteiger partial charge in [-0.1, -0.05) is 0 Å². The normalized spacial score (nSPS) is 10.5. The lowest BCUT2D eigenvalue weighted by Gasteiger charge is -2.04. The number of nitrogens with zero attached hydrogens (tertiary/aromatic N) is 3. The topological polar surface area (TPSA) is 97.1 Å². The Labute approximate surface area is 108 Å². The van der Waals surface area contributed by atoms with Crippen LogP contribution in [0.5, 0.6) is 0 Å². The average Bonchev–Trinajstić information content (AvgIpc) is 2.91. The maximum absolute atomic E-state index is 11.3. The van der Waals surface area contributed by atoms with Gasteiger partial charge in [0.1, 0.15) is 12.7 Å². The molecule has 2 N–H and O–H groups in total. The molecule has 0 radical (unpaired) electrons. The molecular weight excluding hydrogens is 248 g/mol. The van der Waals surface area contributed by atoms with E-state index < -0.39 is 11.9 Å². The van der Waals surface area contributed by atoms with E-state index in [2.05, 4.69) is 15.4 Å². The molecule has 7 heteroatoms. The Balaban J connectivity index is 2.03. The monoisotopic (exact) mass is 258 g/mol. The number of amides is 1. The molecule has 19 heavy (non-hydrogen) atoms. The smallest absolute Gasteiger partial charge is 0.328 e. The van der Waals surface area contributed by atoms with E-state index in [0.29, 0.717) is 5.69 Å². The molecule has 1 amide bonds. The summed E-state index contributed by atoms with van der Waals surface area (Å²) in [4.78, 5) is 25.4. The summed E-state index contributed by atoms with van der Waals surface area (Å²) >= 11 is 0. The Hall–Kier alpha value is -2.96. The van der Waals surface area contributed by atoms with Crippen LogP contribution in [0, 0.1) is 0 Å². The highest BCUT2D eigenvalue weighted by Crippen LogP contribution is 2.12. The molecule has 2 aromatic rings. The lowest BCUT2D eigenvalue weighted by molar-refractivity contribution is -0.131. The summed E-state index contributed by atoms with van der Waals surface area (Å²) in [6.45, 7) is 0. The molecule has 0 atom stereocenters.